The van der Waals surface area contributed by atoms with E-state index >= 15 is 0 Å². The van der Waals surface area contributed by atoms with Crippen LogP contribution in [0.25, 0.3) is 0 Å². The van der Waals surface area contributed by atoms with E-state index in [1.54, 1.807) is 0 Å². The SMILES string of the molecule is O=C(COc1ccc([N+](=O)[O-])cc1)NN=C1CCCCCCCCCCC1. The van der Waals surface area contributed by atoms with Crippen molar-refractivity contribution in [2.24, 2.45) is 5.10 Å². The van der Waals surface area contributed by atoms with Crippen molar-refractivity contribution in [3.63, 3.8) is 0 Å². The van der Waals surface area contributed by atoms with E-state index in [9.17, 15) is 14.9 Å². The summed E-state index contributed by atoms with van der Waals surface area (Å²) < 4.78 is 5.35. The normalized spacial score (nSPS) is 16.5. The Morgan fingerprint density at radius 1 is 0.963 bits per heavy atom. The average molecular weight is 375 g/mol. The summed E-state index contributed by atoms with van der Waals surface area (Å²) in [6.07, 6.45) is 13.1. The largest absolute Gasteiger partial charge is 0.484 e. The Kier molecular flexibility index (Phi) is 9.30. The van der Waals surface area contributed by atoms with Crippen molar-refractivity contribution in [1.82, 2.24) is 5.43 Å². The summed E-state index contributed by atoms with van der Waals surface area (Å²) in [4.78, 5) is 22.1. The van der Waals surface area contributed by atoms with Crippen LogP contribution in [0.3, 0.4) is 0 Å². The van der Waals surface area contributed by atoms with Crippen LogP contribution in [0.4, 0.5) is 5.69 Å². The van der Waals surface area contributed by atoms with Crippen molar-refractivity contribution in [3.05, 3.63) is 34.4 Å². The van der Waals surface area contributed by atoms with Gasteiger partial charge in [0.25, 0.3) is 11.6 Å². The molecule has 0 aliphatic heterocycles. The van der Waals surface area contributed by atoms with E-state index in [1.807, 2.05) is 0 Å². The second-order valence-corrected chi connectivity index (χ2v) is 6.93. The first-order chi connectivity index (χ1) is 13.1. The molecule has 1 saturated carbocycles. The highest BCUT2D eigenvalue weighted by atomic mass is 16.6. The van der Waals surface area contributed by atoms with Crippen LogP contribution in [0.2, 0.25) is 0 Å². The number of hydrogen-bond donors (Lipinski definition) is 1. The van der Waals surface area contributed by atoms with Crippen LogP contribution in [-0.4, -0.2) is 23.1 Å². The number of hydrogen-bond acceptors (Lipinski definition) is 5. The number of nitro groups is 1. The van der Waals surface area contributed by atoms with Gasteiger partial charge in [0.05, 0.1) is 4.92 Å². The van der Waals surface area contributed by atoms with Crippen molar-refractivity contribution >= 4 is 17.3 Å². The van der Waals surface area contributed by atoms with Gasteiger partial charge in [-0.2, -0.15) is 5.10 Å². The number of carbonyl (C=O) groups is 1. The van der Waals surface area contributed by atoms with Crippen LogP contribution in [0.1, 0.15) is 70.6 Å². The Labute approximate surface area is 160 Å². The third-order valence-electron chi connectivity index (χ3n) is 4.69. The second-order valence-electron chi connectivity index (χ2n) is 6.93. The molecule has 0 radical (unpaired) electrons. The molecule has 0 unspecified atom stereocenters. The molecule has 0 saturated heterocycles. The number of benzene rings is 1. The van der Waals surface area contributed by atoms with Gasteiger partial charge in [-0.25, -0.2) is 5.43 Å². The molecule has 1 amide bonds. The number of amides is 1. The van der Waals surface area contributed by atoms with Crippen LogP contribution in [0, 0.1) is 10.1 Å². The first-order valence-electron chi connectivity index (χ1n) is 9.86. The van der Waals surface area contributed by atoms with Gasteiger partial charge in [-0.15, -0.1) is 0 Å². The standard InChI is InChI=1S/C20H29N3O4/c24-20(16-27-19-14-12-18(13-15-19)23(25)26)22-21-17-10-8-6-4-2-1-3-5-7-9-11-17/h12-15H,1-11,16H2,(H,22,24). The molecule has 148 valence electrons. The Balaban J connectivity index is 1.77. The number of hydrazone groups is 1. The van der Waals surface area contributed by atoms with Crippen molar-refractivity contribution in [3.8, 4) is 5.75 Å². The number of non-ortho nitro benzene ring substituents is 1. The number of nitro benzene ring substituents is 1. The van der Waals surface area contributed by atoms with E-state index in [0.29, 0.717) is 5.75 Å². The lowest BCUT2D eigenvalue weighted by atomic mass is 10.00. The molecule has 0 heterocycles. The Hall–Kier alpha value is -2.44. The number of carbonyl (C=O) groups excluding carboxylic acids is 1. The first-order valence-corrected chi connectivity index (χ1v) is 9.86. The lowest BCUT2D eigenvalue weighted by Crippen LogP contribution is -2.26. The molecule has 2 rings (SSSR count). The summed E-state index contributed by atoms with van der Waals surface area (Å²) in [5.41, 5.74) is 3.62. The topological polar surface area (TPSA) is 93.8 Å². The summed E-state index contributed by atoms with van der Waals surface area (Å²) >= 11 is 0. The summed E-state index contributed by atoms with van der Waals surface area (Å²) in [7, 11) is 0. The second kappa shape index (κ2) is 12.0. The van der Waals surface area contributed by atoms with Crippen molar-refractivity contribution in [2.45, 2.75) is 70.6 Å². The molecular formula is C20H29N3O4. The van der Waals surface area contributed by atoms with Gasteiger partial charge in [-0.3, -0.25) is 14.9 Å². The van der Waals surface area contributed by atoms with E-state index in [4.69, 9.17) is 4.74 Å². The quantitative estimate of drug-likeness (QED) is 0.593. The van der Waals surface area contributed by atoms with Gasteiger partial charge in [-0.1, -0.05) is 44.9 Å². The molecule has 27 heavy (non-hydrogen) atoms. The lowest BCUT2D eigenvalue weighted by molar-refractivity contribution is -0.384. The fraction of sp³-hybridized carbons (Fsp3) is 0.600. The molecule has 1 aromatic carbocycles. The smallest absolute Gasteiger partial charge is 0.277 e. The molecule has 7 heteroatoms. The minimum Gasteiger partial charge on any atom is -0.484 e. The van der Waals surface area contributed by atoms with Gasteiger partial charge in [-0.05, 0) is 37.8 Å². The zero-order valence-electron chi connectivity index (χ0n) is 15.8. The molecule has 0 atom stereocenters. The first kappa shape index (κ1) is 20.9. The van der Waals surface area contributed by atoms with E-state index in [-0.39, 0.29) is 18.2 Å². The van der Waals surface area contributed by atoms with Gasteiger partial charge in [0, 0.05) is 17.8 Å². The molecule has 1 aliphatic rings. The maximum atomic E-state index is 12.0. The minimum atomic E-state index is -0.477. The molecule has 1 fully saturated rings. The summed E-state index contributed by atoms with van der Waals surface area (Å²) in [6.45, 7) is -0.172. The van der Waals surface area contributed by atoms with Crippen molar-refractivity contribution in [2.75, 3.05) is 6.61 Å². The molecule has 7 nitrogen and oxygen atoms in total. The molecular weight excluding hydrogens is 346 g/mol. The van der Waals surface area contributed by atoms with Gasteiger partial charge in [0.2, 0.25) is 0 Å². The lowest BCUT2D eigenvalue weighted by Gasteiger charge is -2.10. The molecule has 0 bridgehead atoms. The summed E-state index contributed by atoms with van der Waals surface area (Å²) in [6, 6.07) is 5.64. The predicted molar refractivity (Wildman–Crippen MR) is 105 cm³/mol. The van der Waals surface area contributed by atoms with Crippen molar-refractivity contribution in [1.29, 1.82) is 0 Å². The van der Waals surface area contributed by atoms with E-state index < -0.39 is 4.92 Å². The fourth-order valence-corrected chi connectivity index (χ4v) is 3.12. The maximum absolute atomic E-state index is 12.0. The third-order valence-corrected chi connectivity index (χ3v) is 4.69. The molecule has 1 aromatic rings. The van der Waals surface area contributed by atoms with Gasteiger partial charge >= 0.3 is 0 Å². The van der Waals surface area contributed by atoms with Crippen molar-refractivity contribution < 1.29 is 14.5 Å². The molecule has 1 N–H and O–H groups in total. The Bertz CT molecular complexity index is 615. The van der Waals surface area contributed by atoms with E-state index in [1.165, 1.54) is 69.2 Å². The van der Waals surface area contributed by atoms with E-state index in [2.05, 4.69) is 10.5 Å². The highest BCUT2D eigenvalue weighted by Crippen LogP contribution is 2.17. The maximum Gasteiger partial charge on any atom is 0.277 e. The number of rotatable bonds is 5. The predicted octanol–water partition coefficient (Wildman–Crippen LogP) is 4.75. The number of nitrogens with zero attached hydrogens (tertiary/aromatic N) is 2. The molecule has 0 aromatic heterocycles. The highest BCUT2D eigenvalue weighted by molar-refractivity contribution is 5.86. The van der Waals surface area contributed by atoms with Crippen LogP contribution in [0.15, 0.2) is 29.4 Å². The third kappa shape index (κ3) is 8.66. The number of nitrogens with one attached hydrogen (secondary N) is 1. The fourth-order valence-electron chi connectivity index (χ4n) is 3.12. The molecule has 0 spiro atoms. The average Bonchev–Trinajstić information content (AvgIpc) is 2.66. The summed E-state index contributed by atoms with van der Waals surface area (Å²) in [5, 5.41) is 14.9. The zero-order valence-corrected chi connectivity index (χ0v) is 15.8. The van der Waals surface area contributed by atoms with Crippen LogP contribution < -0.4 is 10.2 Å². The minimum absolute atomic E-state index is 0.0132. The molecule has 1 aliphatic carbocycles. The van der Waals surface area contributed by atoms with Crippen LogP contribution in [0.5, 0.6) is 5.75 Å². The number of ether oxygens (including phenoxy) is 1. The van der Waals surface area contributed by atoms with Gasteiger partial charge < -0.3 is 4.74 Å². The Morgan fingerprint density at radius 3 is 2.00 bits per heavy atom. The van der Waals surface area contributed by atoms with E-state index in [0.717, 1.165) is 31.4 Å². The van der Waals surface area contributed by atoms with Gasteiger partial charge in [0.1, 0.15) is 5.75 Å². The zero-order chi connectivity index (χ0) is 19.3. The monoisotopic (exact) mass is 375 g/mol. The highest BCUT2D eigenvalue weighted by Gasteiger charge is 2.07. The Morgan fingerprint density at radius 2 is 1.48 bits per heavy atom. The summed E-state index contributed by atoms with van der Waals surface area (Å²) in [5.74, 6) is 0.0846. The van der Waals surface area contributed by atoms with Crippen LogP contribution >= 0.6 is 0 Å². The van der Waals surface area contributed by atoms with Crippen LogP contribution in [-0.2, 0) is 4.79 Å². The van der Waals surface area contributed by atoms with Gasteiger partial charge in [0.15, 0.2) is 6.61 Å².